The van der Waals surface area contributed by atoms with Gasteiger partial charge in [0.15, 0.2) is 11.4 Å². The zero-order chi connectivity index (χ0) is 12.6. The fourth-order valence-electron chi connectivity index (χ4n) is 0.732. The number of esters is 1. The SMILES string of the molecule is C=C(C)C(=O)OCCC[N+](N=O)(N=O)N=O. The first-order valence-corrected chi connectivity index (χ1v) is 4.26. The second kappa shape index (κ2) is 6.45. The fraction of sp³-hybridized carbons (Fsp3) is 0.571. The van der Waals surface area contributed by atoms with Crippen LogP contribution in [0, 0.1) is 14.7 Å². The van der Waals surface area contributed by atoms with Crippen LogP contribution < -0.4 is 0 Å². The van der Waals surface area contributed by atoms with Gasteiger partial charge in [0.1, 0.15) is 0 Å². The Balaban J connectivity index is 4.02. The van der Waals surface area contributed by atoms with Crippen molar-refractivity contribution in [1.82, 2.24) is 0 Å². The molecule has 0 aliphatic heterocycles. The van der Waals surface area contributed by atoms with Gasteiger partial charge in [-0.25, -0.2) is 4.79 Å². The van der Waals surface area contributed by atoms with E-state index in [0.29, 0.717) is 0 Å². The highest BCUT2D eigenvalue weighted by Gasteiger charge is 2.35. The second-order valence-electron chi connectivity index (χ2n) is 2.93. The summed E-state index contributed by atoms with van der Waals surface area (Å²) in [4.78, 5) is 39.6. The Morgan fingerprint density at radius 1 is 1.25 bits per heavy atom. The van der Waals surface area contributed by atoms with E-state index in [0.717, 1.165) is 0 Å². The van der Waals surface area contributed by atoms with Crippen molar-refractivity contribution in [3.8, 4) is 0 Å². The second-order valence-corrected chi connectivity index (χ2v) is 2.93. The number of nitroso groups, excluding NO2 is 3. The van der Waals surface area contributed by atoms with Gasteiger partial charge in [-0.15, -0.1) is 0 Å². The van der Waals surface area contributed by atoms with Gasteiger partial charge in [-0.3, -0.25) is 0 Å². The number of hydrogen-bond acceptors (Lipinski definition) is 8. The van der Waals surface area contributed by atoms with Crippen molar-refractivity contribution in [2.75, 3.05) is 13.2 Å². The van der Waals surface area contributed by atoms with E-state index >= 15 is 0 Å². The highest BCUT2D eigenvalue weighted by Crippen LogP contribution is 2.11. The van der Waals surface area contributed by atoms with Gasteiger partial charge < -0.3 is 4.74 Å². The molecule has 0 saturated heterocycles. The highest BCUT2D eigenvalue weighted by atomic mass is 16.5. The average molecular weight is 231 g/mol. The Hall–Kier alpha value is -2.03. The van der Waals surface area contributed by atoms with E-state index in [-0.39, 0.29) is 25.1 Å². The van der Waals surface area contributed by atoms with Crippen LogP contribution in [0.2, 0.25) is 0 Å². The molecule has 0 saturated carbocycles. The van der Waals surface area contributed by atoms with Crippen LogP contribution in [0.15, 0.2) is 28.0 Å². The summed E-state index contributed by atoms with van der Waals surface area (Å²) in [5.41, 5.74) is 0.219. The van der Waals surface area contributed by atoms with E-state index in [4.69, 9.17) is 0 Å². The van der Waals surface area contributed by atoms with Crippen molar-refractivity contribution in [3.05, 3.63) is 26.9 Å². The van der Waals surface area contributed by atoms with Crippen molar-refractivity contribution in [1.29, 1.82) is 0 Å². The van der Waals surface area contributed by atoms with E-state index in [1.807, 2.05) is 0 Å². The number of carbonyl (C=O) groups excluding carboxylic acids is 1. The number of quaternary nitrogens is 1. The minimum absolute atomic E-state index is 0.0439. The normalized spacial score (nSPS) is 10.3. The Bertz CT molecular complexity index is 294. The lowest BCUT2D eigenvalue weighted by Crippen LogP contribution is -2.31. The van der Waals surface area contributed by atoms with Crippen LogP contribution in [-0.4, -0.2) is 23.9 Å². The number of ether oxygens (including phenoxy) is 1. The molecule has 0 unspecified atom stereocenters. The quantitative estimate of drug-likeness (QED) is 0.156. The number of hydrogen-bond donors (Lipinski definition) is 0. The van der Waals surface area contributed by atoms with Gasteiger partial charge in [0, 0.05) is 12.0 Å². The first-order chi connectivity index (χ1) is 7.51. The molecule has 88 valence electrons. The first-order valence-electron chi connectivity index (χ1n) is 4.26. The van der Waals surface area contributed by atoms with Crippen LogP contribution in [-0.2, 0) is 9.53 Å². The van der Waals surface area contributed by atoms with Crippen LogP contribution in [0.3, 0.4) is 0 Å². The average Bonchev–Trinajstić information content (AvgIpc) is 2.30. The number of rotatable bonds is 8. The van der Waals surface area contributed by atoms with Crippen molar-refractivity contribution in [2.24, 2.45) is 15.9 Å². The topological polar surface area (TPSA) is 115 Å². The summed E-state index contributed by atoms with van der Waals surface area (Å²) in [6.07, 6.45) is 0.0439. The van der Waals surface area contributed by atoms with Crippen LogP contribution >= 0.6 is 0 Å². The van der Waals surface area contributed by atoms with Gasteiger partial charge in [-0.2, -0.15) is 0 Å². The maximum Gasteiger partial charge on any atom is 0.333 e. The summed E-state index contributed by atoms with van der Waals surface area (Å²) in [5, 5.41) is 6.54. The molecule has 0 fully saturated rings. The largest absolute Gasteiger partial charge is 0.462 e. The van der Waals surface area contributed by atoms with E-state index in [1.54, 1.807) is 0 Å². The Labute approximate surface area is 90.5 Å². The van der Waals surface area contributed by atoms with Crippen molar-refractivity contribution >= 4 is 5.97 Å². The summed E-state index contributed by atoms with van der Waals surface area (Å²) in [7, 11) is 0. The van der Waals surface area contributed by atoms with Crippen LogP contribution in [0.25, 0.3) is 0 Å². The molecular formula is C7H11N4O5+. The van der Waals surface area contributed by atoms with Crippen LogP contribution in [0.1, 0.15) is 13.3 Å². The van der Waals surface area contributed by atoms with E-state index < -0.39 is 10.8 Å². The Morgan fingerprint density at radius 2 is 1.75 bits per heavy atom. The summed E-state index contributed by atoms with van der Waals surface area (Å²) in [5.74, 6) is -0.602. The predicted molar refractivity (Wildman–Crippen MR) is 52.9 cm³/mol. The molecule has 0 radical (unpaired) electrons. The molecule has 0 aliphatic rings. The van der Waals surface area contributed by atoms with E-state index in [1.165, 1.54) is 6.92 Å². The van der Waals surface area contributed by atoms with E-state index in [9.17, 15) is 19.5 Å². The molecule has 0 N–H and O–H groups in total. The third-order valence-electron chi connectivity index (χ3n) is 1.58. The van der Waals surface area contributed by atoms with Gasteiger partial charge in [-0.05, 0) is 6.92 Å². The Morgan fingerprint density at radius 3 is 2.12 bits per heavy atom. The molecular weight excluding hydrogens is 220 g/mol. The zero-order valence-electron chi connectivity index (χ0n) is 8.66. The van der Waals surface area contributed by atoms with Gasteiger partial charge in [-0.1, -0.05) is 21.3 Å². The Kier molecular flexibility index (Phi) is 5.63. The molecule has 0 aliphatic carbocycles. The summed E-state index contributed by atoms with van der Waals surface area (Å²) < 4.78 is 4.65. The first kappa shape index (κ1) is 14.0. The highest BCUT2D eigenvalue weighted by molar-refractivity contribution is 5.86. The summed E-state index contributed by atoms with van der Waals surface area (Å²) >= 11 is 0. The zero-order valence-corrected chi connectivity index (χ0v) is 8.66. The minimum Gasteiger partial charge on any atom is -0.462 e. The van der Waals surface area contributed by atoms with Crippen LogP contribution in [0.4, 0.5) is 0 Å². The standard InChI is InChI=1S/C7H11N4O5/c1-6(2)7(12)16-5-3-4-11(8-13,9-14)10-15/h1,3-5H2,2H3/q+1. The summed E-state index contributed by atoms with van der Waals surface area (Å²) in [6.45, 7) is 4.36. The molecule has 0 heterocycles. The minimum atomic E-state index is -1.69. The number of carbonyl (C=O) groups is 1. The smallest absolute Gasteiger partial charge is 0.333 e. The molecule has 9 nitrogen and oxygen atoms in total. The van der Waals surface area contributed by atoms with Crippen molar-refractivity contribution < 1.29 is 14.3 Å². The molecule has 0 aromatic carbocycles. The molecule has 0 bridgehead atoms. The van der Waals surface area contributed by atoms with Crippen molar-refractivity contribution in [3.63, 3.8) is 0 Å². The van der Waals surface area contributed by atoms with Gasteiger partial charge >= 0.3 is 5.97 Å². The lowest BCUT2D eigenvalue weighted by Gasteiger charge is -2.06. The van der Waals surface area contributed by atoms with Crippen LogP contribution in [0.5, 0.6) is 0 Å². The molecule has 0 aromatic rings. The lowest BCUT2D eigenvalue weighted by atomic mass is 10.3. The lowest BCUT2D eigenvalue weighted by molar-refractivity contribution is -0.953. The molecule has 0 aromatic heterocycles. The van der Waals surface area contributed by atoms with Gasteiger partial charge in [0.25, 0.3) is 0 Å². The monoisotopic (exact) mass is 231 g/mol. The molecule has 0 atom stereocenters. The third kappa shape index (κ3) is 4.00. The molecule has 0 spiro atoms. The van der Waals surface area contributed by atoms with Gasteiger partial charge in [0.05, 0.1) is 6.61 Å². The molecule has 9 heteroatoms. The number of nitrogens with zero attached hydrogens (tertiary/aromatic N) is 4. The summed E-state index contributed by atoms with van der Waals surface area (Å²) in [6, 6.07) is 0. The van der Waals surface area contributed by atoms with Crippen molar-refractivity contribution in [2.45, 2.75) is 13.3 Å². The molecule has 16 heavy (non-hydrogen) atoms. The van der Waals surface area contributed by atoms with E-state index in [2.05, 4.69) is 27.2 Å². The molecule has 0 amide bonds. The molecule has 0 rings (SSSR count). The van der Waals surface area contributed by atoms with Gasteiger partial charge in [0.2, 0.25) is 15.9 Å². The fourth-order valence-corrected chi connectivity index (χ4v) is 0.732. The third-order valence-corrected chi connectivity index (χ3v) is 1.58. The maximum absolute atomic E-state index is 10.9. The predicted octanol–water partition coefficient (Wildman–Crippen LogP) is 1.36. The maximum atomic E-state index is 10.9.